The summed E-state index contributed by atoms with van der Waals surface area (Å²) in [5.41, 5.74) is 0. The van der Waals surface area contributed by atoms with Crippen LogP contribution in [-0.2, 0) is 0 Å². The average molecular weight is 241 g/mol. The summed E-state index contributed by atoms with van der Waals surface area (Å²) < 4.78 is 36.1. The first-order valence-corrected chi connectivity index (χ1v) is 3.59. The van der Waals surface area contributed by atoms with Gasteiger partial charge in [0.1, 0.15) is 0 Å². The maximum Gasteiger partial charge on any atom is 0.282 e. The normalized spacial score (nSPS) is 20.3. The highest BCUT2D eigenvalue weighted by Crippen LogP contribution is 2.11. The van der Waals surface area contributed by atoms with Crippen molar-refractivity contribution < 1.29 is 13.2 Å². The molecule has 0 saturated carbocycles. The Morgan fingerprint density at radius 1 is 1.00 bits per heavy atom. The molecular weight excluding hydrogens is 228 g/mol. The van der Waals surface area contributed by atoms with E-state index in [1.54, 1.807) is 0 Å². The van der Waals surface area contributed by atoms with Crippen LogP contribution < -0.4 is 5.32 Å². The van der Waals surface area contributed by atoms with Crippen molar-refractivity contribution in [2.75, 3.05) is 26.2 Å². The van der Waals surface area contributed by atoms with Gasteiger partial charge in [-0.3, -0.25) is 4.90 Å². The van der Waals surface area contributed by atoms with Crippen LogP contribution >= 0.6 is 24.8 Å². The molecule has 1 rings (SSSR count). The Morgan fingerprint density at radius 3 is 1.85 bits per heavy atom. The SMILES string of the molecule is Cl.Cl.FC(F)C(F)N1CCNCC1. The summed E-state index contributed by atoms with van der Waals surface area (Å²) in [5, 5.41) is 2.96. The van der Waals surface area contributed by atoms with Gasteiger partial charge in [-0.25, -0.2) is 13.2 Å². The lowest BCUT2D eigenvalue weighted by atomic mass is 10.3. The molecular formula is C6H13Cl2F3N2. The van der Waals surface area contributed by atoms with Gasteiger partial charge in [0.25, 0.3) is 6.43 Å². The molecule has 13 heavy (non-hydrogen) atoms. The zero-order valence-electron chi connectivity index (χ0n) is 6.88. The van der Waals surface area contributed by atoms with Gasteiger partial charge in [-0.1, -0.05) is 0 Å². The molecule has 1 unspecified atom stereocenters. The molecule has 0 amide bonds. The lowest BCUT2D eigenvalue weighted by Gasteiger charge is -2.29. The number of alkyl halides is 3. The van der Waals surface area contributed by atoms with Crippen molar-refractivity contribution in [3.8, 4) is 0 Å². The minimum Gasteiger partial charge on any atom is -0.314 e. The van der Waals surface area contributed by atoms with Gasteiger partial charge in [-0.2, -0.15) is 0 Å². The molecule has 1 N–H and O–H groups in total. The third kappa shape index (κ3) is 4.90. The molecule has 1 saturated heterocycles. The summed E-state index contributed by atoms with van der Waals surface area (Å²) in [5.74, 6) is 0. The molecule has 1 aliphatic heterocycles. The standard InChI is InChI=1S/C6H11F3N2.2ClH/c7-5(8)6(9)11-3-1-10-2-4-11;;/h5-6,10H,1-4H2;2*1H. The second-order valence-corrected chi connectivity index (χ2v) is 2.49. The Kier molecular flexibility index (Phi) is 9.29. The third-order valence-corrected chi connectivity index (χ3v) is 1.71. The van der Waals surface area contributed by atoms with Crippen molar-refractivity contribution in [1.29, 1.82) is 0 Å². The van der Waals surface area contributed by atoms with Gasteiger partial charge < -0.3 is 5.32 Å². The van der Waals surface area contributed by atoms with Crippen molar-refractivity contribution in [2.24, 2.45) is 0 Å². The molecule has 0 spiro atoms. The van der Waals surface area contributed by atoms with Gasteiger partial charge in [-0.05, 0) is 0 Å². The molecule has 1 fully saturated rings. The number of nitrogens with zero attached hydrogens (tertiary/aromatic N) is 1. The van der Waals surface area contributed by atoms with Crippen molar-refractivity contribution in [2.45, 2.75) is 12.7 Å². The fourth-order valence-corrected chi connectivity index (χ4v) is 1.09. The van der Waals surface area contributed by atoms with Crippen LogP contribution in [0, 0.1) is 0 Å². The van der Waals surface area contributed by atoms with Crippen LogP contribution in [-0.4, -0.2) is 43.8 Å². The first kappa shape index (κ1) is 15.7. The van der Waals surface area contributed by atoms with E-state index in [4.69, 9.17) is 0 Å². The van der Waals surface area contributed by atoms with Crippen molar-refractivity contribution >= 4 is 24.8 Å². The molecule has 0 aromatic heterocycles. The highest BCUT2D eigenvalue weighted by molar-refractivity contribution is 5.85. The van der Waals surface area contributed by atoms with E-state index >= 15 is 0 Å². The molecule has 0 aromatic rings. The van der Waals surface area contributed by atoms with Crippen LogP contribution in [0.15, 0.2) is 0 Å². The van der Waals surface area contributed by atoms with Crippen molar-refractivity contribution in [3.63, 3.8) is 0 Å². The number of rotatable bonds is 2. The molecule has 0 radical (unpaired) electrons. The Hall–Kier alpha value is 0.290. The molecule has 2 nitrogen and oxygen atoms in total. The molecule has 0 aliphatic carbocycles. The highest BCUT2D eigenvalue weighted by atomic mass is 35.5. The summed E-state index contributed by atoms with van der Waals surface area (Å²) in [7, 11) is 0. The molecule has 7 heteroatoms. The summed E-state index contributed by atoms with van der Waals surface area (Å²) in [4.78, 5) is 1.15. The van der Waals surface area contributed by atoms with Gasteiger partial charge in [-0.15, -0.1) is 24.8 Å². The van der Waals surface area contributed by atoms with E-state index in [1.807, 2.05) is 0 Å². The summed E-state index contributed by atoms with van der Waals surface area (Å²) in [6.45, 7) is 1.91. The van der Waals surface area contributed by atoms with Gasteiger partial charge in [0.15, 0.2) is 0 Å². The molecule has 0 aromatic carbocycles. The van der Waals surface area contributed by atoms with Crippen LogP contribution in [0.3, 0.4) is 0 Å². The molecule has 0 bridgehead atoms. The zero-order valence-corrected chi connectivity index (χ0v) is 8.51. The maximum atomic E-state index is 12.6. The van der Waals surface area contributed by atoms with Gasteiger partial charge in [0, 0.05) is 26.2 Å². The second-order valence-electron chi connectivity index (χ2n) is 2.49. The largest absolute Gasteiger partial charge is 0.314 e. The van der Waals surface area contributed by atoms with Crippen LogP contribution in [0.25, 0.3) is 0 Å². The quantitative estimate of drug-likeness (QED) is 0.733. The first-order valence-electron chi connectivity index (χ1n) is 3.59. The monoisotopic (exact) mass is 240 g/mol. The smallest absolute Gasteiger partial charge is 0.282 e. The van der Waals surface area contributed by atoms with Crippen molar-refractivity contribution in [1.82, 2.24) is 10.2 Å². The topological polar surface area (TPSA) is 15.3 Å². The van der Waals surface area contributed by atoms with Gasteiger partial charge in [0.2, 0.25) is 6.30 Å². The van der Waals surface area contributed by atoms with E-state index in [1.165, 1.54) is 0 Å². The number of hydrogen-bond acceptors (Lipinski definition) is 2. The Bertz CT molecular complexity index is 122. The average Bonchev–Trinajstić information content (AvgIpc) is 2.05. The Balaban J connectivity index is 0. The van der Waals surface area contributed by atoms with Crippen LogP contribution in [0.5, 0.6) is 0 Å². The van der Waals surface area contributed by atoms with E-state index in [2.05, 4.69) is 5.32 Å². The van der Waals surface area contributed by atoms with E-state index in [0.717, 1.165) is 4.90 Å². The first-order chi connectivity index (χ1) is 5.22. The lowest BCUT2D eigenvalue weighted by molar-refractivity contribution is -0.0527. The fourth-order valence-electron chi connectivity index (χ4n) is 1.09. The van der Waals surface area contributed by atoms with Crippen LogP contribution in [0.1, 0.15) is 0 Å². The lowest BCUT2D eigenvalue weighted by Crippen LogP contribution is -2.49. The van der Waals surface area contributed by atoms with Crippen LogP contribution in [0.2, 0.25) is 0 Å². The summed E-state index contributed by atoms with van der Waals surface area (Å²) in [6, 6.07) is 0. The van der Waals surface area contributed by atoms with Gasteiger partial charge >= 0.3 is 0 Å². The zero-order chi connectivity index (χ0) is 8.27. The number of hydrogen-bond donors (Lipinski definition) is 1. The minimum absolute atomic E-state index is 0. The maximum absolute atomic E-state index is 12.6. The Labute approximate surface area is 87.7 Å². The predicted molar refractivity (Wildman–Crippen MR) is 49.8 cm³/mol. The number of nitrogens with one attached hydrogen (secondary N) is 1. The third-order valence-electron chi connectivity index (χ3n) is 1.71. The Morgan fingerprint density at radius 2 is 1.46 bits per heavy atom. The second kappa shape index (κ2) is 7.67. The minimum atomic E-state index is -2.88. The highest BCUT2D eigenvalue weighted by Gasteiger charge is 2.27. The van der Waals surface area contributed by atoms with E-state index < -0.39 is 12.7 Å². The summed E-state index contributed by atoms with van der Waals surface area (Å²) >= 11 is 0. The fraction of sp³-hybridized carbons (Fsp3) is 1.00. The molecule has 82 valence electrons. The van der Waals surface area contributed by atoms with Gasteiger partial charge in [0.05, 0.1) is 0 Å². The van der Waals surface area contributed by atoms with E-state index in [0.29, 0.717) is 26.2 Å². The predicted octanol–water partition coefficient (Wildman–Crippen LogP) is 1.30. The van der Waals surface area contributed by atoms with E-state index in [9.17, 15) is 13.2 Å². The van der Waals surface area contributed by atoms with Crippen LogP contribution in [0.4, 0.5) is 13.2 Å². The molecule has 1 atom stereocenters. The summed E-state index contributed by atoms with van der Waals surface area (Å²) in [6.07, 6.45) is -4.97. The molecule has 1 heterocycles. The number of piperazine rings is 1. The van der Waals surface area contributed by atoms with E-state index in [-0.39, 0.29) is 24.8 Å². The number of halogens is 5. The molecule has 1 aliphatic rings. The van der Waals surface area contributed by atoms with Crippen molar-refractivity contribution in [3.05, 3.63) is 0 Å².